The van der Waals surface area contributed by atoms with Gasteiger partial charge in [0.1, 0.15) is 6.04 Å². The van der Waals surface area contributed by atoms with E-state index in [9.17, 15) is 4.79 Å². The number of amides is 1. The van der Waals surface area contributed by atoms with E-state index in [1.54, 1.807) is 6.20 Å². The fraction of sp³-hybridized carbons (Fsp3) is 0.375. The summed E-state index contributed by atoms with van der Waals surface area (Å²) in [5.74, 6) is 0.480. The van der Waals surface area contributed by atoms with Crippen LogP contribution in [-0.4, -0.2) is 33.4 Å². The third-order valence-corrected chi connectivity index (χ3v) is 3.75. The van der Waals surface area contributed by atoms with Gasteiger partial charge in [0.05, 0.1) is 5.69 Å². The number of anilines is 1. The minimum atomic E-state index is -0.263. The van der Waals surface area contributed by atoms with Gasteiger partial charge in [0.2, 0.25) is 11.9 Å². The van der Waals surface area contributed by atoms with E-state index in [1.165, 1.54) is 0 Å². The van der Waals surface area contributed by atoms with Crippen LogP contribution in [0.3, 0.4) is 0 Å². The molecule has 1 saturated heterocycles. The van der Waals surface area contributed by atoms with Crippen LogP contribution >= 0.6 is 0 Å². The first-order valence-corrected chi connectivity index (χ1v) is 7.45. The van der Waals surface area contributed by atoms with Crippen LogP contribution in [0.5, 0.6) is 0 Å². The van der Waals surface area contributed by atoms with Gasteiger partial charge in [-0.15, -0.1) is 0 Å². The summed E-state index contributed by atoms with van der Waals surface area (Å²) in [4.78, 5) is 25.0. The van der Waals surface area contributed by atoms with Crippen LogP contribution in [0.4, 0.5) is 5.95 Å². The zero-order chi connectivity index (χ0) is 15.5. The third-order valence-electron chi connectivity index (χ3n) is 3.75. The molecule has 3 heterocycles. The monoisotopic (exact) mass is 297 g/mol. The highest BCUT2D eigenvalue weighted by Crippen LogP contribution is 2.21. The molecule has 0 saturated carbocycles. The molecule has 3 rings (SSSR count). The molecule has 22 heavy (non-hydrogen) atoms. The normalized spacial score (nSPS) is 17.9. The van der Waals surface area contributed by atoms with Gasteiger partial charge in [0.15, 0.2) is 0 Å². The first-order valence-electron chi connectivity index (χ1n) is 7.45. The average Bonchev–Trinajstić information content (AvgIpc) is 2.50. The maximum absolute atomic E-state index is 11.8. The van der Waals surface area contributed by atoms with E-state index in [4.69, 9.17) is 0 Å². The second kappa shape index (κ2) is 6.09. The molecule has 2 N–H and O–H groups in total. The molecular formula is C16H19N5O. The lowest BCUT2D eigenvalue weighted by molar-refractivity contribution is -0.123. The number of carbonyl (C=O) groups is 1. The summed E-state index contributed by atoms with van der Waals surface area (Å²) in [5.41, 5.74) is 3.69. The van der Waals surface area contributed by atoms with Crippen molar-refractivity contribution >= 4 is 11.9 Å². The smallest absolute Gasteiger partial charge is 0.242 e. The molecule has 0 radical (unpaired) electrons. The van der Waals surface area contributed by atoms with Gasteiger partial charge in [0, 0.05) is 29.7 Å². The van der Waals surface area contributed by atoms with Crippen molar-refractivity contribution in [3.05, 3.63) is 35.8 Å². The minimum absolute atomic E-state index is 0.00781. The van der Waals surface area contributed by atoms with Crippen molar-refractivity contribution in [2.45, 2.75) is 32.7 Å². The third kappa shape index (κ3) is 3.05. The molecular weight excluding hydrogens is 278 g/mol. The van der Waals surface area contributed by atoms with Crippen molar-refractivity contribution < 1.29 is 4.79 Å². The van der Waals surface area contributed by atoms with Gasteiger partial charge in [0.25, 0.3) is 0 Å². The summed E-state index contributed by atoms with van der Waals surface area (Å²) in [6, 6.07) is 5.57. The van der Waals surface area contributed by atoms with E-state index >= 15 is 0 Å². The quantitative estimate of drug-likeness (QED) is 0.903. The second-order valence-electron chi connectivity index (χ2n) is 5.48. The molecule has 1 atom stereocenters. The fourth-order valence-corrected chi connectivity index (χ4v) is 2.60. The first kappa shape index (κ1) is 14.4. The van der Waals surface area contributed by atoms with Crippen LogP contribution in [0.15, 0.2) is 24.4 Å². The molecule has 1 amide bonds. The van der Waals surface area contributed by atoms with Crippen molar-refractivity contribution in [3.8, 4) is 11.3 Å². The largest absolute Gasteiger partial charge is 0.354 e. The second-order valence-corrected chi connectivity index (χ2v) is 5.48. The Morgan fingerprint density at radius 3 is 2.86 bits per heavy atom. The number of piperidine rings is 1. The lowest BCUT2D eigenvalue weighted by Crippen LogP contribution is -2.44. The number of aromatic nitrogens is 3. The van der Waals surface area contributed by atoms with Crippen LogP contribution in [0.25, 0.3) is 11.3 Å². The van der Waals surface area contributed by atoms with Crippen LogP contribution in [0, 0.1) is 13.8 Å². The molecule has 1 aliphatic rings. The lowest BCUT2D eigenvalue weighted by atomic mass is 10.1. The summed E-state index contributed by atoms with van der Waals surface area (Å²) >= 11 is 0. The maximum atomic E-state index is 11.8. The predicted octanol–water partition coefficient (Wildman–Crippen LogP) is 1.85. The van der Waals surface area contributed by atoms with E-state index < -0.39 is 0 Å². The van der Waals surface area contributed by atoms with E-state index in [0.717, 1.165) is 42.0 Å². The fourth-order valence-electron chi connectivity index (χ4n) is 2.60. The number of hydrogen-bond donors (Lipinski definition) is 2. The molecule has 6 heteroatoms. The summed E-state index contributed by atoms with van der Waals surface area (Å²) in [7, 11) is 0. The maximum Gasteiger partial charge on any atom is 0.242 e. The Hall–Kier alpha value is -2.50. The van der Waals surface area contributed by atoms with E-state index in [1.807, 2.05) is 32.0 Å². The zero-order valence-corrected chi connectivity index (χ0v) is 12.8. The Morgan fingerprint density at radius 1 is 1.23 bits per heavy atom. The molecule has 2 aromatic rings. The van der Waals surface area contributed by atoms with Gasteiger partial charge in [-0.1, -0.05) is 0 Å². The van der Waals surface area contributed by atoms with Gasteiger partial charge in [-0.05, 0) is 44.9 Å². The molecule has 0 bridgehead atoms. The van der Waals surface area contributed by atoms with Crippen LogP contribution in [0.1, 0.15) is 24.2 Å². The summed E-state index contributed by atoms with van der Waals surface area (Å²) in [5, 5.41) is 5.96. The van der Waals surface area contributed by atoms with Crippen molar-refractivity contribution in [2.24, 2.45) is 0 Å². The molecule has 1 fully saturated rings. The number of carbonyl (C=O) groups excluding carboxylic acids is 1. The highest BCUT2D eigenvalue weighted by Gasteiger charge is 2.22. The number of rotatable bonds is 3. The molecule has 114 valence electrons. The SMILES string of the molecule is Cc1ccc(-c2ccnc(NC3CCCNC3=O)n2)c(C)n1. The van der Waals surface area contributed by atoms with E-state index in [0.29, 0.717) is 5.95 Å². The Bertz CT molecular complexity index is 701. The van der Waals surface area contributed by atoms with Crippen molar-refractivity contribution in [2.75, 3.05) is 11.9 Å². The molecule has 6 nitrogen and oxygen atoms in total. The summed E-state index contributed by atoms with van der Waals surface area (Å²) in [6.07, 6.45) is 3.46. The molecule has 0 aromatic carbocycles. The van der Waals surface area contributed by atoms with Gasteiger partial charge in [-0.3, -0.25) is 9.78 Å². The lowest BCUT2D eigenvalue weighted by Gasteiger charge is -2.22. The van der Waals surface area contributed by atoms with E-state index in [-0.39, 0.29) is 11.9 Å². The number of hydrogen-bond acceptors (Lipinski definition) is 5. The number of pyridine rings is 1. The Labute approximate surface area is 129 Å². The first-order chi connectivity index (χ1) is 10.6. The Balaban J connectivity index is 1.84. The molecule has 0 aliphatic carbocycles. The highest BCUT2D eigenvalue weighted by molar-refractivity contribution is 5.84. The van der Waals surface area contributed by atoms with Crippen LogP contribution in [0.2, 0.25) is 0 Å². The van der Waals surface area contributed by atoms with Gasteiger partial charge in [-0.25, -0.2) is 9.97 Å². The topological polar surface area (TPSA) is 79.8 Å². The van der Waals surface area contributed by atoms with Gasteiger partial charge >= 0.3 is 0 Å². The minimum Gasteiger partial charge on any atom is -0.354 e. The number of nitrogens with zero attached hydrogens (tertiary/aromatic N) is 3. The van der Waals surface area contributed by atoms with Crippen molar-refractivity contribution in [1.82, 2.24) is 20.3 Å². The Kier molecular flexibility index (Phi) is 4.00. The molecule has 1 aliphatic heterocycles. The van der Waals surface area contributed by atoms with Crippen molar-refractivity contribution in [1.29, 1.82) is 0 Å². The van der Waals surface area contributed by atoms with E-state index in [2.05, 4.69) is 25.6 Å². The predicted molar refractivity (Wildman–Crippen MR) is 84.4 cm³/mol. The average molecular weight is 297 g/mol. The highest BCUT2D eigenvalue weighted by atomic mass is 16.2. The number of nitrogens with one attached hydrogen (secondary N) is 2. The molecule has 0 spiro atoms. The van der Waals surface area contributed by atoms with Gasteiger partial charge in [-0.2, -0.15) is 0 Å². The van der Waals surface area contributed by atoms with Crippen molar-refractivity contribution in [3.63, 3.8) is 0 Å². The molecule has 1 unspecified atom stereocenters. The van der Waals surface area contributed by atoms with Gasteiger partial charge < -0.3 is 10.6 Å². The standard InChI is InChI=1S/C16H19N5O/c1-10-5-6-12(11(2)19-10)13-7-9-18-16(20-13)21-14-4-3-8-17-15(14)22/h5-7,9,14H,3-4,8H2,1-2H3,(H,17,22)(H,18,20,21). The summed E-state index contributed by atoms with van der Waals surface area (Å²) < 4.78 is 0. The summed E-state index contributed by atoms with van der Waals surface area (Å²) in [6.45, 7) is 4.67. The number of aryl methyl sites for hydroxylation is 2. The van der Waals surface area contributed by atoms with Crippen LogP contribution < -0.4 is 10.6 Å². The van der Waals surface area contributed by atoms with Crippen LogP contribution in [-0.2, 0) is 4.79 Å². The zero-order valence-electron chi connectivity index (χ0n) is 12.8. The molecule has 2 aromatic heterocycles. The Morgan fingerprint density at radius 2 is 2.09 bits per heavy atom.